The molecule has 5 nitrogen and oxygen atoms in total. The Morgan fingerprint density at radius 3 is 2.50 bits per heavy atom. The number of hydrogen-bond acceptors (Lipinski definition) is 5. The molecule has 0 amide bonds. The van der Waals surface area contributed by atoms with Crippen molar-refractivity contribution >= 4 is 17.3 Å². The minimum atomic E-state index is -0.372. The number of nitrogens with zero attached hydrogens (tertiary/aromatic N) is 1. The molecule has 1 aliphatic heterocycles. The van der Waals surface area contributed by atoms with Crippen LogP contribution in [0.4, 0.5) is 5.69 Å². The predicted octanol–water partition coefficient (Wildman–Crippen LogP) is 4.93. The smallest absolute Gasteiger partial charge is 0.205 e. The van der Waals surface area contributed by atoms with Crippen LogP contribution < -0.4 is 20.9 Å². The molecule has 1 aliphatic rings. The van der Waals surface area contributed by atoms with Gasteiger partial charge in [-0.1, -0.05) is 29.8 Å². The summed E-state index contributed by atoms with van der Waals surface area (Å²) in [6.45, 7) is 0. The van der Waals surface area contributed by atoms with E-state index in [-0.39, 0.29) is 11.8 Å². The summed E-state index contributed by atoms with van der Waals surface area (Å²) < 4.78 is 11.5. The number of fused-ring (bicyclic) bond motifs is 1. The average molecular weight is 390 g/mol. The molecule has 1 atom stereocenters. The summed E-state index contributed by atoms with van der Waals surface area (Å²) in [5.41, 5.74) is 14.5. The highest BCUT2D eigenvalue weighted by Crippen LogP contribution is 2.43. The van der Waals surface area contributed by atoms with Crippen molar-refractivity contribution in [2.45, 2.75) is 5.92 Å². The molecular weight excluding hydrogens is 374 g/mol. The minimum absolute atomic E-state index is 0.0784. The standard InChI is InChI=1S/C22H16ClN3O2/c23-14-4-7-16(8-5-14)27-17-3-1-2-13(10-17)21-18-9-6-15(25)11-20(18)28-22(26)19(21)12-24/h1-11,21H,25-26H2/t21-/m0/s1. The average Bonchev–Trinajstić information content (AvgIpc) is 2.69. The summed E-state index contributed by atoms with van der Waals surface area (Å²) in [7, 11) is 0. The van der Waals surface area contributed by atoms with Crippen LogP contribution >= 0.6 is 11.6 Å². The van der Waals surface area contributed by atoms with Gasteiger partial charge in [0.15, 0.2) is 0 Å². The van der Waals surface area contributed by atoms with Gasteiger partial charge >= 0.3 is 0 Å². The molecule has 0 saturated carbocycles. The van der Waals surface area contributed by atoms with Crippen LogP contribution in [-0.4, -0.2) is 0 Å². The summed E-state index contributed by atoms with van der Waals surface area (Å²) in [4.78, 5) is 0. The Morgan fingerprint density at radius 2 is 1.75 bits per heavy atom. The van der Waals surface area contributed by atoms with E-state index in [9.17, 15) is 5.26 Å². The number of hydrogen-bond donors (Lipinski definition) is 2. The molecule has 1 heterocycles. The first-order valence-corrected chi connectivity index (χ1v) is 8.93. The molecule has 3 aromatic carbocycles. The molecule has 0 fully saturated rings. The number of anilines is 1. The van der Waals surface area contributed by atoms with Gasteiger partial charge < -0.3 is 20.9 Å². The van der Waals surface area contributed by atoms with Gasteiger partial charge in [-0.15, -0.1) is 0 Å². The van der Waals surface area contributed by atoms with Crippen molar-refractivity contribution in [1.82, 2.24) is 0 Å². The largest absolute Gasteiger partial charge is 0.457 e. The van der Waals surface area contributed by atoms with E-state index >= 15 is 0 Å². The highest BCUT2D eigenvalue weighted by molar-refractivity contribution is 6.30. The number of nitriles is 1. The quantitative estimate of drug-likeness (QED) is 0.619. The maximum atomic E-state index is 9.67. The van der Waals surface area contributed by atoms with Gasteiger partial charge in [0.05, 0.1) is 5.92 Å². The number of ether oxygens (including phenoxy) is 2. The molecule has 4 rings (SSSR count). The molecule has 0 radical (unpaired) electrons. The predicted molar refractivity (Wildman–Crippen MR) is 108 cm³/mol. The van der Waals surface area contributed by atoms with E-state index in [4.69, 9.17) is 32.5 Å². The molecule has 28 heavy (non-hydrogen) atoms. The third-order valence-electron chi connectivity index (χ3n) is 4.48. The second-order valence-electron chi connectivity index (χ2n) is 6.35. The van der Waals surface area contributed by atoms with Gasteiger partial charge in [0.2, 0.25) is 5.88 Å². The van der Waals surface area contributed by atoms with Gasteiger partial charge in [-0.05, 0) is 48.0 Å². The van der Waals surface area contributed by atoms with E-state index in [1.54, 1.807) is 36.4 Å². The van der Waals surface area contributed by atoms with Gasteiger partial charge in [0.25, 0.3) is 0 Å². The first-order valence-electron chi connectivity index (χ1n) is 8.55. The molecule has 0 bridgehead atoms. The monoisotopic (exact) mass is 389 g/mol. The Hall–Kier alpha value is -3.62. The molecule has 3 aromatic rings. The molecule has 0 spiro atoms. The maximum absolute atomic E-state index is 9.67. The summed E-state index contributed by atoms with van der Waals surface area (Å²) >= 11 is 5.92. The summed E-state index contributed by atoms with van der Waals surface area (Å²) in [6, 6.07) is 22.1. The molecule has 138 valence electrons. The van der Waals surface area contributed by atoms with Gasteiger partial charge in [-0.3, -0.25) is 0 Å². The van der Waals surface area contributed by atoms with Crippen molar-refractivity contribution in [3.63, 3.8) is 0 Å². The first-order chi connectivity index (χ1) is 13.5. The highest BCUT2D eigenvalue weighted by atomic mass is 35.5. The SMILES string of the molecule is N#CC1=C(N)Oc2cc(N)ccc2[C@@H]1c1cccc(Oc2ccc(Cl)cc2)c1. The maximum Gasteiger partial charge on any atom is 0.205 e. The van der Waals surface area contributed by atoms with E-state index in [2.05, 4.69) is 6.07 Å². The molecule has 0 saturated heterocycles. The van der Waals surface area contributed by atoms with E-state index in [0.717, 1.165) is 11.1 Å². The fraction of sp³-hybridized carbons (Fsp3) is 0.0455. The van der Waals surface area contributed by atoms with Crippen LogP contribution in [0.1, 0.15) is 17.0 Å². The summed E-state index contributed by atoms with van der Waals surface area (Å²) in [5.74, 6) is 1.56. The van der Waals surface area contributed by atoms with Crippen LogP contribution in [0, 0.1) is 11.3 Å². The lowest BCUT2D eigenvalue weighted by atomic mass is 9.83. The Balaban J connectivity index is 1.75. The molecule has 0 unspecified atom stereocenters. The van der Waals surface area contributed by atoms with Gasteiger partial charge in [-0.2, -0.15) is 5.26 Å². The zero-order chi connectivity index (χ0) is 19.7. The number of halogens is 1. The van der Waals surface area contributed by atoms with Crippen molar-refractivity contribution in [3.05, 3.63) is 94.3 Å². The number of benzene rings is 3. The first kappa shape index (κ1) is 17.8. The zero-order valence-electron chi connectivity index (χ0n) is 14.7. The lowest BCUT2D eigenvalue weighted by Crippen LogP contribution is -2.21. The summed E-state index contributed by atoms with van der Waals surface area (Å²) in [5, 5.41) is 10.3. The molecule has 0 aliphatic carbocycles. The summed E-state index contributed by atoms with van der Waals surface area (Å²) in [6.07, 6.45) is 0. The minimum Gasteiger partial charge on any atom is -0.457 e. The number of nitrogen functional groups attached to an aromatic ring is 1. The lowest BCUT2D eigenvalue weighted by Gasteiger charge is -2.26. The normalized spacial score (nSPS) is 15.4. The van der Waals surface area contributed by atoms with Crippen molar-refractivity contribution in [2.75, 3.05) is 5.73 Å². The van der Waals surface area contributed by atoms with Crippen molar-refractivity contribution in [2.24, 2.45) is 5.73 Å². The van der Waals surface area contributed by atoms with E-state index in [1.807, 2.05) is 30.3 Å². The number of allylic oxidation sites excluding steroid dienone is 1. The molecule has 0 aromatic heterocycles. The van der Waals surface area contributed by atoms with Crippen LogP contribution in [0.2, 0.25) is 5.02 Å². The Morgan fingerprint density at radius 1 is 0.964 bits per heavy atom. The molecule has 6 heteroatoms. The number of rotatable bonds is 3. The van der Waals surface area contributed by atoms with E-state index in [0.29, 0.717) is 33.5 Å². The second kappa shape index (κ2) is 7.18. The van der Waals surface area contributed by atoms with Crippen LogP contribution in [0.25, 0.3) is 0 Å². The van der Waals surface area contributed by atoms with Gasteiger partial charge in [0.1, 0.15) is 28.9 Å². The van der Waals surface area contributed by atoms with Gasteiger partial charge in [-0.25, -0.2) is 0 Å². The lowest BCUT2D eigenvalue weighted by molar-refractivity contribution is 0.394. The van der Waals surface area contributed by atoms with Gasteiger partial charge in [0, 0.05) is 22.3 Å². The third kappa shape index (κ3) is 3.34. The molecule has 4 N–H and O–H groups in total. The zero-order valence-corrected chi connectivity index (χ0v) is 15.5. The Bertz CT molecular complexity index is 1120. The van der Waals surface area contributed by atoms with E-state index < -0.39 is 0 Å². The van der Waals surface area contributed by atoms with E-state index in [1.165, 1.54) is 0 Å². The van der Waals surface area contributed by atoms with Crippen molar-refractivity contribution in [3.8, 4) is 23.3 Å². The van der Waals surface area contributed by atoms with Crippen molar-refractivity contribution < 1.29 is 9.47 Å². The van der Waals surface area contributed by atoms with Crippen LogP contribution in [0.3, 0.4) is 0 Å². The second-order valence-corrected chi connectivity index (χ2v) is 6.79. The van der Waals surface area contributed by atoms with Crippen molar-refractivity contribution in [1.29, 1.82) is 5.26 Å². The fourth-order valence-corrected chi connectivity index (χ4v) is 3.34. The van der Waals surface area contributed by atoms with Crippen LogP contribution in [0.5, 0.6) is 17.2 Å². The Kier molecular flexibility index (Phi) is 4.56. The topological polar surface area (TPSA) is 94.3 Å². The highest BCUT2D eigenvalue weighted by Gasteiger charge is 2.30. The van der Waals surface area contributed by atoms with Crippen LogP contribution in [0.15, 0.2) is 78.2 Å². The Labute approximate surface area is 167 Å². The fourth-order valence-electron chi connectivity index (χ4n) is 3.21. The molecular formula is C22H16ClN3O2. The third-order valence-corrected chi connectivity index (χ3v) is 4.74. The van der Waals surface area contributed by atoms with Crippen LogP contribution in [-0.2, 0) is 0 Å². The number of nitrogens with two attached hydrogens (primary N) is 2.